The monoisotopic (exact) mass is 448 g/mol. The zero-order valence-electron chi connectivity index (χ0n) is 16.1. The van der Waals surface area contributed by atoms with E-state index in [2.05, 4.69) is 10.0 Å². The lowest BCUT2D eigenvalue weighted by Crippen LogP contribution is -2.39. The van der Waals surface area contributed by atoms with E-state index in [1.54, 1.807) is 24.3 Å². The molecule has 0 saturated heterocycles. The number of nitrogens with two attached hydrogens (primary N) is 1. The number of aryl methyl sites for hydroxylation is 2. The van der Waals surface area contributed by atoms with Gasteiger partial charge in [0, 0.05) is 18.7 Å². The van der Waals surface area contributed by atoms with Gasteiger partial charge in [-0.15, -0.1) is 0 Å². The predicted molar refractivity (Wildman–Crippen MR) is 116 cm³/mol. The lowest BCUT2D eigenvalue weighted by Gasteiger charge is -2.28. The van der Waals surface area contributed by atoms with E-state index in [0.29, 0.717) is 37.2 Å². The Labute approximate surface area is 179 Å². The topological polar surface area (TPSA) is 122 Å². The van der Waals surface area contributed by atoms with Gasteiger partial charge in [-0.1, -0.05) is 17.7 Å². The molecule has 0 saturated carbocycles. The van der Waals surface area contributed by atoms with Gasteiger partial charge >= 0.3 is 6.03 Å². The smallest absolute Gasteiger partial charge is 0.319 e. The summed E-state index contributed by atoms with van der Waals surface area (Å²) in [5.41, 5.74) is 8.51. The van der Waals surface area contributed by atoms with Gasteiger partial charge < -0.3 is 11.1 Å². The van der Waals surface area contributed by atoms with Gasteiger partial charge in [0.15, 0.2) is 0 Å². The van der Waals surface area contributed by atoms with Crippen LogP contribution in [0.15, 0.2) is 35.2 Å². The lowest BCUT2D eigenvalue weighted by molar-refractivity contribution is -0.116. The second-order valence-corrected chi connectivity index (χ2v) is 9.44. The van der Waals surface area contributed by atoms with Crippen molar-refractivity contribution in [3.63, 3.8) is 0 Å². The summed E-state index contributed by atoms with van der Waals surface area (Å²) in [6.45, 7) is 0.481. The normalized spacial score (nSPS) is 16.2. The number of primary amides is 1. The Hall–Kier alpha value is -2.78. The SMILES string of the molecule is NC(=O)N1CCCc2ccc(NS(=O)(=O)c3cc4c(cc3Cl)CCCC(=O)N4)cc21. The minimum atomic E-state index is -4.04. The summed E-state index contributed by atoms with van der Waals surface area (Å²) < 4.78 is 28.6. The van der Waals surface area contributed by atoms with Crippen molar-refractivity contribution in [2.45, 2.75) is 37.0 Å². The number of carbonyl (C=O) groups excluding carboxylic acids is 2. The molecule has 0 atom stereocenters. The van der Waals surface area contributed by atoms with E-state index in [4.69, 9.17) is 17.3 Å². The number of hydrogen-bond donors (Lipinski definition) is 3. The molecule has 4 N–H and O–H groups in total. The number of hydrogen-bond acceptors (Lipinski definition) is 4. The van der Waals surface area contributed by atoms with E-state index in [9.17, 15) is 18.0 Å². The zero-order valence-corrected chi connectivity index (χ0v) is 17.6. The molecule has 8 nitrogen and oxygen atoms in total. The fraction of sp³-hybridized carbons (Fsp3) is 0.300. The van der Waals surface area contributed by atoms with Gasteiger partial charge in [-0.3, -0.25) is 14.4 Å². The highest BCUT2D eigenvalue weighted by Crippen LogP contribution is 2.34. The molecular formula is C20H21ClN4O4S. The van der Waals surface area contributed by atoms with Crippen molar-refractivity contribution in [2.24, 2.45) is 5.73 Å². The summed E-state index contributed by atoms with van der Waals surface area (Å²) >= 11 is 6.28. The molecule has 0 radical (unpaired) electrons. The first-order valence-corrected chi connectivity index (χ1v) is 11.5. The highest BCUT2D eigenvalue weighted by atomic mass is 35.5. The molecule has 0 spiro atoms. The van der Waals surface area contributed by atoms with E-state index in [1.165, 1.54) is 11.0 Å². The minimum absolute atomic E-state index is 0.0779. The van der Waals surface area contributed by atoms with Crippen molar-refractivity contribution in [3.8, 4) is 0 Å². The number of sulfonamides is 1. The number of carbonyl (C=O) groups is 2. The number of rotatable bonds is 3. The summed E-state index contributed by atoms with van der Waals surface area (Å²) in [6, 6.07) is 7.40. The Morgan fingerprint density at radius 2 is 1.87 bits per heavy atom. The number of nitrogens with one attached hydrogen (secondary N) is 2. The molecular weight excluding hydrogens is 428 g/mol. The number of anilines is 3. The van der Waals surface area contributed by atoms with Crippen LogP contribution in [-0.2, 0) is 27.7 Å². The van der Waals surface area contributed by atoms with Crippen LogP contribution in [0.3, 0.4) is 0 Å². The maximum atomic E-state index is 13.0. The molecule has 0 aliphatic carbocycles. The van der Waals surface area contributed by atoms with Crippen LogP contribution < -0.4 is 20.7 Å². The van der Waals surface area contributed by atoms with Gasteiger partial charge in [-0.2, -0.15) is 0 Å². The number of halogens is 1. The third-order valence-corrected chi connectivity index (χ3v) is 7.14. The van der Waals surface area contributed by atoms with Crippen molar-refractivity contribution >= 4 is 50.6 Å². The number of amides is 3. The quantitative estimate of drug-likeness (QED) is 0.667. The van der Waals surface area contributed by atoms with E-state index in [-0.39, 0.29) is 21.5 Å². The van der Waals surface area contributed by atoms with E-state index in [1.807, 2.05) is 0 Å². The first-order valence-electron chi connectivity index (χ1n) is 9.59. The maximum absolute atomic E-state index is 13.0. The molecule has 0 unspecified atom stereocenters. The molecule has 2 aliphatic rings. The standard InChI is InChI=1S/C20H21ClN4O4S/c21-15-9-13-3-1-5-19(26)23-16(13)11-18(15)30(28,29)24-14-7-6-12-4-2-8-25(20(22)27)17(12)10-14/h6-7,9-11,24H,1-5,8H2,(H2,22,27)(H,23,26). The molecule has 2 heterocycles. The van der Waals surface area contributed by atoms with Crippen LogP contribution in [0.1, 0.15) is 30.4 Å². The molecule has 3 amide bonds. The molecule has 2 aliphatic heterocycles. The summed E-state index contributed by atoms with van der Waals surface area (Å²) in [4.78, 5) is 24.9. The van der Waals surface area contributed by atoms with E-state index < -0.39 is 16.1 Å². The van der Waals surface area contributed by atoms with Gasteiger partial charge in [0.2, 0.25) is 5.91 Å². The fourth-order valence-corrected chi connectivity index (χ4v) is 5.48. The van der Waals surface area contributed by atoms with Crippen molar-refractivity contribution in [1.29, 1.82) is 0 Å². The zero-order chi connectivity index (χ0) is 21.5. The van der Waals surface area contributed by atoms with Crippen molar-refractivity contribution in [2.75, 3.05) is 21.5 Å². The van der Waals surface area contributed by atoms with Crippen LogP contribution in [0.2, 0.25) is 5.02 Å². The van der Waals surface area contributed by atoms with Gasteiger partial charge in [0.05, 0.1) is 16.4 Å². The molecule has 2 aromatic carbocycles. The minimum Gasteiger partial charge on any atom is -0.351 e. The third-order valence-electron chi connectivity index (χ3n) is 5.29. The Balaban J connectivity index is 1.68. The lowest BCUT2D eigenvalue weighted by atomic mass is 10.0. The molecule has 4 rings (SSSR count). The second-order valence-electron chi connectivity index (χ2n) is 7.38. The molecule has 158 valence electrons. The Bertz CT molecular complexity index is 1150. The molecule has 2 aromatic rings. The molecule has 10 heteroatoms. The maximum Gasteiger partial charge on any atom is 0.319 e. The fourth-order valence-electron chi connectivity index (χ4n) is 3.85. The summed E-state index contributed by atoms with van der Waals surface area (Å²) in [5.74, 6) is -0.159. The highest BCUT2D eigenvalue weighted by Gasteiger charge is 2.25. The number of fused-ring (bicyclic) bond motifs is 2. The molecule has 0 bridgehead atoms. The highest BCUT2D eigenvalue weighted by molar-refractivity contribution is 7.92. The van der Waals surface area contributed by atoms with Crippen LogP contribution in [0.4, 0.5) is 21.9 Å². The summed E-state index contributed by atoms with van der Waals surface area (Å²) in [6.07, 6.45) is 3.25. The second kappa shape index (κ2) is 7.81. The van der Waals surface area contributed by atoms with E-state index in [0.717, 1.165) is 24.0 Å². The summed E-state index contributed by atoms with van der Waals surface area (Å²) in [7, 11) is -4.04. The number of urea groups is 1. The Morgan fingerprint density at radius 3 is 2.63 bits per heavy atom. The molecule has 0 fully saturated rings. The van der Waals surface area contributed by atoms with Gasteiger partial charge in [0.25, 0.3) is 10.0 Å². The largest absolute Gasteiger partial charge is 0.351 e. The van der Waals surface area contributed by atoms with Crippen molar-refractivity contribution in [1.82, 2.24) is 0 Å². The van der Waals surface area contributed by atoms with Gasteiger partial charge in [0.1, 0.15) is 4.90 Å². The van der Waals surface area contributed by atoms with Gasteiger partial charge in [-0.25, -0.2) is 13.2 Å². The number of benzene rings is 2. The van der Waals surface area contributed by atoms with Crippen LogP contribution in [0.5, 0.6) is 0 Å². The Morgan fingerprint density at radius 1 is 1.10 bits per heavy atom. The average molecular weight is 449 g/mol. The average Bonchev–Trinajstić information content (AvgIpc) is 2.86. The first kappa shape index (κ1) is 20.5. The van der Waals surface area contributed by atoms with Crippen molar-refractivity contribution < 1.29 is 18.0 Å². The van der Waals surface area contributed by atoms with Gasteiger partial charge in [-0.05, 0) is 61.1 Å². The van der Waals surface area contributed by atoms with Crippen LogP contribution >= 0.6 is 11.6 Å². The Kier molecular flexibility index (Phi) is 5.33. The van der Waals surface area contributed by atoms with Crippen LogP contribution in [0, 0.1) is 0 Å². The predicted octanol–water partition coefficient (Wildman–Crippen LogP) is 3.25. The van der Waals surface area contributed by atoms with E-state index >= 15 is 0 Å². The molecule has 30 heavy (non-hydrogen) atoms. The first-order chi connectivity index (χ1) is 14.2. The number of nitrogens with zero attached hydrogens (tertiary/aromatic N) is 1. The summed E-state index contributed by atoms with van der Waals surface area (Å²) in [5, 5.41) is 2.82. The molecule has 0 aromatic heterocycles. The third kappa shape index (κ3) is 3.95. The van der Waals surface area contributed by atoms with Crippen LogP contribution in [-0.4, -0.2) is 26.9 Å². The van der Waals surface area contributed by atoms with Crippen LogP contribution in [0.25, 0.3) is 0 Å². The van der Waals surface area contributed by atoms with Crippen molar-refractivity contribution in [3.05, 3.63) is 46.5 Å².